The molecule has 0 bridgehead atoms. The molecule has 1 rings (SSSR count). The molecular formula is C12H16ClNO2. The van der Waals surface area contributed by atoms with Crippen molar-refractivity contribution in [2.24, 2.45) is 5.41 Å². The van der Waals surface area contributed by atoms with Crippen molar-refractivity contribution in [1.29, 1.82) is 0 Å². The lowest BCUT2D eigenvalue weighted by atomic mass is 9.99. The molecule has 0 aliphatic carbocycles. The van der Waals surface area contributed by atoms with Crippen molar-refractivity contribution >= 4 is 23.4 Å². The number of ether oxygens (including phenoxy) is 1. The number of anilines is 1. The lowest BCUT2D eigenvalue weighted by Crippen LogP contribution is -2.21. The Morgan fingerprint density at radius 2 is 1.88 bits per heavy atom. The topological polar surface area (TPSA) is 38.3 Å². The zero-order chi connectivity index (χ0) is 12.2. The van der Waals surface area contributed by atoms with Crippen LogP contribution in [0.3, 0.4) is 0 Å². The molecule has 0 heterocycles. The second-order valence-electron chi connectivity index (χ2n) is 4.77. The second kappa shape index (κ2) is 5.21. The van der Waals surface area contributed by atoms with Crippen LogP contribution in [0.5, 0.6) is 0 Å². The first-order chi connectivity index (χ1) is 7.37. The highest BCUT2D eigenvalue weighted by molar-refractivity contribution is 6.30. The smallest absolute Gasteiger partial charge is 0.411 e. The van der Waals surface area contributed by atoms with E-state index in [-0.39, 0.29) is 5.41 Å². The standard InChI is InChI=1S/C12H16ClNO2/c1-12(2,3)8-16-11(15)14-10-6-4-9(13)5-7-10/h4-7H,8H2,1-3H3,(H,14,15). The Morgan fingerprint density at radius 3 is 2.38 bits per heavy atom. The van der Waals surface area contributed by atoms with Crippen molar-refractivity contribution in [3.05, 3.63) is 29.3 Å². The molecule has 1 aromatic rings. The summed E-state index contributed by atoms with van der Waals surface area (Å²) in [5, 5.41) is 3.25. The third-order valence-corrected chi connectivity index (χ3v) is 1.98. The van der Waals surface area contributed by atoms with Crippen molar-refractivity contribution in [1.82, 2.24) is 0 Å². The highest BCUT2D eigenvalue weighted by Crippen LogP contribution is 2.15. The molecule has 1 amide bonds. The van der Waals surface area contributed by atoms with E-state index in [0.29, 0.717) is 17.3 Å². The predicted molar refractivity (Wildman–Crippen MR) is 65.9 cm³/mol. The summed E-state index contributed by atoms with van der Waals surface area (Å²) >= 11 is 5.73. The van der Waals surface area contributed by atoms with E-state index >= 15 is 0 Å². The van der Waals surface area contributed by atoms with Crippen LogP contribution in [0.1, 0.15) is 20.8 Å². The van der Waals surface area contributed by atoms with Crippen LogP contribution in [-0.2, 0) is 4.74 Å². The third kappa shape index (κ3) is 5.03. The summed E-state index contributed by atoms with van der Waals surface area (Å²) < 4.78 is 5.06. The molecule has 3 nitrogen and oxygen atoms in total. The number of rotatable bonds is 2. The first kappa shape index (κ1) is 12.8. The lowest BCUT2D eigenvalue weighted by Gasteiger charge is -2.17. The molecule has 0 spiro atoms. The fraction of sp³-hybridized carbons (Fsp3) is 0.417. The van der Waals surface area contributed by atoms with E-state index in [9.17, 15) is 4.79 Å². The van der Waals surface area contributed by atoms with Crippen LogP contribution in [0.4, 0.5) is 10.5 Å². The number of benzene rings is 1. The van der Waals surface area contributed by atoms with Crippen LogP contribution in [0.2, 0.25) is 5.02 Å². The number of halogens is 1. The number of carbonyl (C=O) groups excluding carboxylic acids is 1. The van der Waals surface area contributed by atoms with E-state index in [0.717, 1.165) is 0 Å². The van der Waals surface area contributed by atoms with Gasteiger partial charge in [0, 0.05) is 10.7 Å². The summed E-state index contributed by atoms with van der Waals surface area (Å²) in [7, 11) is 0. The largest absolute Gasteiger partial charge is 0.449 e. The van der Waals surface area contributed by atoms with E-state index < -0.39 is 6.09 Å². The highest BCUT2D eigenvalue weighted by Gasteiger charge is 2.13. The SMILES string of the molecule is CC(C)(C)COC(=O)Nc1ccc(Cl)cc1. The molecule has 0 fully saturated rings. The summed E-state index contributed by atoms with van der Waals surface area (Å²) in [4.78, 5) is 11.4. The maximum Gasteiger partial charge on any atom is 0.411 e. The normalized spacial score (nSPS) is 11.0. The van der Waals surface area contributed by atoms with Crippen molar-refractivity contribution in [3.8, 4) is 0 Å². The zero-order valence-electron chi connectivity index (χ0n) is 9.71. The third-order valence-electron chi connectivity index (χ3n) is 1.73. The van der Waals surface area contributed by atoms with Crippen LogP contribution in [0, 0.1) is 5.41 Å². The first-order valence-electron chi connectivity index (χ1n) is 5.06. The lowest BCUT2D eigenvalue weighted by molar-refractivity contribution is 0.118. The summed E-state index contributed by atoms with van der Waals surface area (Å²) in [5.74, 6) is 0. The fourth-order valence-corrected chi connectivity index (χ4v) is 1.10. The molecule has 4 heteroatoms. The Balaban J connectivity index is 2.43. The van der Waals surface area contributed by atoms with Crippen LogP contribution >= 0.6 is 11.6 Å². The first-order valence-corrected chi connectivity index (χ1v) is 5.44. The van der Waals surface area contributed by atoms with Gasteiger partial charge >= 0.3 is 6.09 Å². The maximum absolute atomic E-state index is 11.4. The van der Waals surface area contributed by atoms with Crippen LogP contribution in [-0.4, -0.2) is 12.7 Å². The molecule has 0 saturated heterocycles. The van der Waals surface area contributed by atoms with Gasteiger partial charge in [-0.3, -0.25) is 5.32 Å². The maximum atomic E-state index is 11.4. The number of nitrogens with one attached hydrogen (secondary N) is 1. The van der Waals surface area contributed by atoms with Gasteiger partial charge in [0.05, 0.1) is 6.61 Å². The second-order valence-corrected chi connectivity index (χ2v) is 5.21. The van der Waals surface area contributed by atoms with Crippen LogP contribution in [0.25, 0.3) is 0 Å². The van der Waals surface area contributed by atoms with Gasteiger partial charge in [-0.25, -0.2) is 4.79 Å². The van der Waals surface area contributed by atoms with Crippen molar-refractivity contribution in [3.63, 3.8) is 0 Å². The van der Waals surface area contributed by atoms with Gasteiger partial charge in [-0.1, -0.05) is 32.4 Å². The molecule has 0 saturated carbocycles. The fourth-order valence-electron chi connectivity index (χ4n) is 0.969. The van der Waals surface area contributed by atoms with Gasteiger partial charge in [0.2, 0.25) is 0 Å². The highest BCUT2D eigenvalue weighted by atomic mass is 35.5. The van der Waals surface area contributed by atoms with E-state index in [1.807, 2.05) is 20.8 Å². The van der Waals surface area contributed by atoms with Crippen LogP contribution < -0.4 is 5.32 Å². The van der Waals surface area contributed by atoms with Gasteiger partial charge in [-0.05, 0) is 29.7 Å². The van der Waals surface area contributed by atoms with Crippen molar-refractivity contribution < 1.29 is 9.53 Å². The Labute approximate surface area is 101 Å². The minimum absolute atomic E-state index is 0.0304. The van der Waals surface area contributed by atoms with Gasteiger partial charge in [0.1, 0.15) is 0 Å². The molecular weight excluding hydrogens is 226 g/mol. The number of amides is 1. The van der Waals surface area contributed by atoms with E-state index in [2.05, 4.69) is 5.32 Å². The van der Waals surface area contributed by atoms with E-state index in [4.69, 9.17) is 16.3 Å². The molecule has 0 aliphatic heterocycles. The Hall–Kier alpha value is -1.22. The average Bonchev–Trinajstić information content (AvgIpc) is 2.18. The minimum atomic E-state index is -0.447. The summed E-state index contributed by atoms with van der Waals surface area (Å²) in [6.07, 6.45) is -0.447. The minimum Gasteiger partial charge on any atom is -0.449 e. The summed E-state index contributed by atoms with van der Waals surface area (Å²) in [6.45, 7) is 6.39. The molecule has 16 heavy (non-hydrogen) atoms. The Bertz CT molecular complexity index is 354. The molecule has 0 aromatic heterocycles. The van der Waals surface area contributed by atoms with Gasteiger partial charge in [0.25, 0.3) is 0 Å². The van der Waals surface area contributed by atoms with Crippen LogP contribution in [0.15, 0.2) is 24.3 Å². The van der Waals surface area contributed by atoms with E-state index in [1.165, 1.54) is 0 Å². The molecule has 0 radical (unpaired) electrons. The summed E-state index contributed by atoms with van der Waals surface area (Å²) in [5.41, 5.74) is 0.639. The Kier molecular flexibility index (Phi) is 4.19. The zero-order valence-corrected chi connectivity index (χ0v) is 10.5. The molecule has 0 aliphatic rings. The predicted octanol–water partition coefficient (Wildman–Crippen LogP) is 3.93. The number of hydrogen-bond donors (Lipinski definition) is 1. The van der Waals surface area contributed by atoms with Gasteiger partial charge < -0.3 is 4.74 Å². The molecule has 0 atom stereocenters. The average molecular weight is 242 g/mol. The Morgan fingerprint density at radius 1 is 1.31 bits per heavy atom. The molecule has 88 valence electrons. The van der Waals surface area contributed by atoms with Gasteiger partial charge in [0.15, 0.2) is 0 Å². The monoisotopic (exact) mass is 241 g/mol. The molecule has 1 aromatic carbocycles. The molecule has 1 N–H and O–H groups in total. The van der Waals surface area contributed by atoms with E-state index in [1.54, 1.807) is 24.3 Å². The number of hydrogen-bond acceptors (Lipinski definition) is 2. The van der Waals surface area contributed by atoms with Crippen molar-refractivity contribution in [2.45, 2.75) is 20.8 Å². The molecule has 0 unspecified atom stereocenters. The summed E-state index contributed by atoms with van der Waals surface area (Å²) in [6, 6.07) is 6.86. The van der Waals surface area contributed by atoms with Crippen molar-refractivity contribution in [2.75, 3.05) is 11.9 Å². The quantitative estimate of drug-likeness (QED) is 0.852. The van der Waals surface area contributed by atoms with Gasteiger partial charge in [-0.2, -0.15) is 0 Å². The number of carbonyl (C=O) groups is 1. The van der Waals surface area contributed by atoms with Gasteiger partial charge in [-0.15, -0.1) is 0 Å².